The van der Waals surface area contributed by atoms with Gasteiger partial charge in [-0.25, -0.2) is 0 Å². The van der Waals surface area contributed by atoms with Crippen LogP contribution in [0.4, 0.5) is 0 Å². The minimum Gasteiger partial charge on any atom is -0.460 e. The molecule has 0 unspecified atom stereocenters. The first-order chi connectivity index (χ1) is 8.68. The van der Waals surface area contributed by atoms with Crippen molar-refractivity contribution in [1.82, 2.24) is 5.32 Å². The maximum atomic E-state index is 11.6. The van der Waals surface area contributed by atoms with Gasteiger partial charge in [-0.2, -0.15) is 0 Å². The van der Waals surface area contributed by atoms with E-state index in [-0.39, 0.29) is 12.8 Å². The number of aliphatic hydroxyl groups excluding tert-OH is 3. The van der Waals surface area contributed by atoms with Gasteiger partial charge in [0.05, 0.1) is 26.2 Å². The van der Waals surface area contributed by atoms with Gasteiger partial charge < -0.3 is 25.4 Å². The summed E-state index contributed by atoms with van der Waals surface area (Å²) in [5.41, 5.74) is -2.08. The molecule has 7 nitrogen and oxygen atoms in total. The van der Waals surface area contributed by atoms with Crippen molar-refractivity contribution in [2.75, 3.05) is 19.8 Å². The quantitative estimate of drug-likeness (QED) is 0.441. The third-order valence-electron chi connectivity index (χ3n) is 2.29. The number of hydrogen-bond acceptors (Lipinski definition) is 6. The molecular weight excluding hydrogens is 254 g/mol. The fourth-order valence-corrected chi connectivity index (χ4v) is 1.23. The number of aliphatic hydroxyl groups is 3. The third-order valence-corrected chi connectivity index (χ3v) is 2.29. The Labute approximate surface area is 112 Å². The second kappa shape index (κ2) is 7.42. The Kier molecular flexibility index (Phi) is 6.96. The number of hydrogen-bond donors (Lipinski definition) is 4. The highest BCUT2D eigenvalue weighted by molar-refractivity contribution is 5.82. The molecule has 0 aromatic heterocycles. The van der Waals surface area contributed by atoms with E-state index >= 15 is 0 Å². The van der Waals surface area contributed by atoms with Crippen molar-refractivity contribution in [3.05, 3.63) is 0 Å². The average molecular weight is 277 g/mol. The number of amides is 1. The van der Waals surface area contributed by atoms with Crippen LogP contribution in [0, 0.1) is 0 Å². The molecule has 7 heteroatoms. The molecule has 0 bridgehead atoms. The highest BCUT2D eigenvalue weighted by atomic mass is 16.6. The summed E-state index contributed by atoms with van der Waals surface area (Å²) in [6.45, 7) is 3.37. The van der Waals surface area contributed by atoms with E-state index in [9.17, 15) is 9.59 Å². The second-order valence-electron chi connectivity index (χ2n) is 5.39. The van der Waals surface area contributed by atoms with Gasteiger partial charge in [-0.3, -0.25) is 9.59 Å². The van der Waals surface area contributed by atoms with Crippen molar-refractivity contribution in [2.24, 2.45) is 0 Å². The van der Waals surface area contributed by atoms with Gasteiger partial charge in [-0.1, -0.05) is 0 Å². The molecule has 0 radical (unpaired) electrons. The van der Waals surface area contributed by atoms with Gasteiger partial charge in [0, 0.05) is 6.42 Å². The first-order valence-electron chi connectivity index (χ1n) is 6.03. The van der Waals surface area contributed by atoms with Crippen LogP contribution in [0.2, 0.25) is 0 Å². The van der Waals surface area contributed by atoms with Crippen molar-refractivity contribution in [3.8, 4) is 0 Å². The SMILES string of the molecule is CC(C)(C)OC(=O)CCC(=O)NC(CO)(CO)CO. The van der Waals surface area contributed by atoms with E-state index in [0.717, 1.165) is 0 Å². The Bertz CT molecular complexity index is 298. The molecule has 19 heavy (non-hydrogen) atoms. The number of nitrogens with one attached hydrogen (secondary N) is 1. The third kappa shape index (κ3) is 7.09. The van der Waals surface area contributed by atoms with E-state index in [4.69, 9.17) is 20.1 Å². The van der Waals surface area contributed by atoms with Gasteiger partial charge in [0.15, 0.2) is 0 Å². The van der Waals surface area contributed by atoms with Crippen LogP contribution in [0.3, 0.4) is 0 Å². The maximum Gasteiger partial charge on any atom is 0.306 e. The molecule has 112 valence electrons. The number of carbonyl (C=O) groups excluding carboxylic acids is 2. The smallest absolute Gasteiger partial charge is 0.306 e. The van der Waals surface area contributed by atoms with E-state index in [1.54, 1.807) is 20.8 Å². The number of esters is 1. The number of rotatable bonds is 7. The first-order valence-corrected chi connectivity index (χ1v) is 6.03. The lowest BCUT2D eigenvalue weighted by Gasteiger charge is -2.28. The van der Waals surface area contributed by atoms with Crippen LogP contribution < -0.4 is 5.32 Å². The van der Waals surface area contributed by atoms with Crippen molar-refractivity contribution >= 4 is 11.9 Å². The molecule has 0 atom stereocenters. The van der Waals surface area contributed by atoms with E-state index in [1.165, 1.54) is 0 Å². The van der Waals surface area contributed by atoms with Crippen LogP contribution >= 0.6 is 0 Å². The zero-order chi connectivity index (χ0) is 15.1. The Morgan fingerprint density at radius 3 is 1.84 bits per heavy atom. The van der Waals surface area contributed by atoms with Crippen molar-refractivity contribution < 1.29 is 29.6 Å². The summed E-state index contributed by atoms with van der Waals surface area (Å²) in [5, 5.41) is 29.4. The van der Waals surface area contributed by atoms with Crippen molar-refractivity contribution in [1.29, 1.82) is 0 Å². The molecule has 0 rings (SSSR count). The Morgan fingerprint density at radius 1 is 1.00 bits per heavy atom. The summed E-state index contributed by atoms with van der Waals surface area (Å²) in [4.78, 5) is 22.9. The number of ether oxygens (including phenoxy) is 1. The van der Waals surface area contributed by atoms with Crippen LogP contribution in [0.5, 0.6) is 0 Å². The van der Waals surface area contributed by atoms with Crippen LogP contribution in [0.15, 0.2) is 0 Å². The fraction of sp³-hybridized carbons (Fsp3) is 0.833. The lowest BCUT2D eigenvalue weighted by Crippen LogP contribution is -2.57. The van der Waals surface area contributed by atoms with Gasteiger partial charge in [0.2, 0.25) is 5.91 Å². The van der Waals surface area contributed by atoms with Gasteiger partial charge in [0.1, 0.15) is 11.1 Å². The molecule has 0 aromatic rings. The molecule has 1 amide bonds. The Morgan fingerprint density at radius 2 is 1.47 bits per heavy atom. The van der Waals surface area contributed by atoms with Crippen molar-refractivity contribution in [3.63, 3.8) is 0 Å². The molecule has 0 heterocycles. The largest absolute Gasteiger partial charge is 0.460 e. The maximum absolute atomic E-state index is 11.6. The zero-order valence-corrected chi connectivity index (χ0v) is 11.6. The van der Waals surface area contributed by atoms with E-state index in [1.807, 2.05) is 0 Å². The van der Waals surface area contributed by atoms with E-state index in [2.05, 4.69) is 5.32 Å². The molecule has 4 N–H and O–H groups in total. The number of carbonyl (C=O) groups is 2. The minimum absolute atomic E-state index is 0.110. The van der Waals surface area contributed by atoms with Crippen LogP contribution in [-0.4, -0.2) is 58.2 Å². The first kappa shape index (κ1) is 17.8. The standard InChI is InChI=1S/C12H23NO6/c1-11(2,3)19-10(18)5-4-9(17)13-12(6-14,7-15)8-16/h14-16H,4-8H2,1-3H3,(H,13,17). The molecule has 0 aliphatic heterocycles. The van der Waals surface area contributed by atoms with Gasteiger partial charge in [0.25, 0.3) is 0 Å². The second-order valence-corrected chi connectivity index (χ2v) is 5.39. The predicted octanol–water partition coefficient (Wildman–Crippen LogP) is -1.06. The molecule has 0 spiro atoms. The molecule has 0 saturated heterocycles. The molecule has 0 saturated carbocycles. The molecule has 0 fully saturated rings. The highest BCUT2D eigenvalue weighted by Gasteiger charge is 2.30. The molecular formula is C12H23NO6. The topological polar surface area (TPSA) is 116 Å². The van der Waals surface area contributed by atoms with E-state index < -0.39 is 42.8 Å². The summed E-state index contributed by atoms with van der Waals surface area (Å²) in [6, 6.07) is 0. The summed E-state index contributed by atoms with van der Waals surface area (Å²) in [5.74, 6) is -1.06. The molecule has 0 aromatic carbocycles. The van der Waals surface area contributed by atoms with Crippen LogP contribution in [0.25, 0.3) is 0 Å². The lowest BCUT2D eigenvalue weighted by atomic mass is 10.0. The zero-order valence-electron chi connectivity index (χ0n) is 11.6. The van der Waals surface area contributed by atoms with Gasteiger partial charge >= 0.3 is 5.97 Å². The molecule has 0 aliphatic carbocycles. The summed E-state index contributed by atoms with van der Waals surface area (Å²) in [7, 11) is 0. The van der Waals surface area contributed by atoms with Crippen LogP contribution in [-0.2, 0) is 14.3 Å². The Hall–Kier alpha value is -1.18. The Balaban J connectivity index is 4.22. The monoisotopic (exact) mass is 277 g/mol. The fourth-order valence-electron chi connectivity index (χ4n) is 1.23. The summed E-state index contributed by atoms with van der Waals surface area (Å²) >= 11 is 0. The van der Waals surface area contributed by atoms with Gasteiger partial charge in [-0.05, 0) is 20.8 Å². The average Bonchev–Trinajstić information content (AvgIpc) is 2.31. The van der Waals surface area contributed by atoms with Gasteiger partial charge in [-0.15, -0.1) is 0 Å². The molecule has 0 aliphatic rings. The summed E-state index contributed by atoms with van der Waals surface area (Å²) < 4.78 is 5.03. The van der Waals surface area contributed by atoms with E-state index in [0.29, 0.717) is 0 Å². The highest BCUT2D eigenvalue weighted by Crippen LogP contribution is 2.09. The normalized spacial score (nSPS) is 12.1. The van der Waals surface area contributed by atoms with Crippen LogP contribution in [0.1, 0.15) is 33.6 Å². The lowest BCUT2D eigenvalue weighted by molar-refractivity contribution is -0.155. The predicted molar refractivity (Wildman–Crippen MR) is 67.2 cm³/mol. The summed E-state index contributed by atoms with van der Waals surface area (Å²) in [6.07, 6.45) is -0.252. The minimum atomic E-state index is -1.47. The van der Waals surface area contributed by atoms with Crippen molar-refractivity contribution in [2.45, 2.75) is 44.8 Å².